The molecule has 2 aromatic carbocycles. The lowest BCUT2D eigenvalue weighted by Crippen LogP contribution is -2.38. The fraction of sp³-hybridized carbons (Fsp3) is 0.280. The summed E-state index contributed by atoms with van der Waals surface area (Å²) in [6.45, 7) is 3.14. The van der Waals surface area contributed by atoms with E-state index in [2.05, 4.69) is 10.2 Å². The molecule has 0 saturated carbocycles. The molecule has 0 atom stereocenters. The van der Waals surface area contributed by atoms with E-state index < -0.39 is 0 Å². The maximum absolute atomic E-state index is 13.3. The number of para-hydroxylation sites is 2. The Hall–Kier alpha value is -3.94. The fourth-order valence-electron chi connectivity index (χ4n) is 4.53. The highest BCUT2D eigenvalue weighted by molar-refractivity contribution is 5.95. The molecule has 0 aliphatic carbocycles. The molecule has 0 bridgehead atoms. The quantitative estimate of drug-likeness (QED) is 0.487. The largest absolute Gasteiger partial charge is 0.350 e. The lowest BCUT2D eigenvalue weighted by atomic mass is 9.95. The Bertz CT molecular complexity index is 1330. The standard InChI is InChI=1S/C25H26N6O2/c1-18-22(17-26-31(18)21-11-7-4-8-12-21)24(32)29-15-13-19(14-16-29)23-27-28(2)25(33)30(23)20-9-5-3-6-10-20/h3-12,17,19H,13-16H2,1-2H3. The van der Waals surface area contributed by atoms with Gasteiger partial charge in [-0.15, -0.1) is 0 Å². The molecule has 0 radical (unpaired) electrons. The van der Waals surface area contributed by atoms with Gasteiger partial charge in [0.2, 0.25) is 0 Å². The summed E-state index contributed by atoms with van der Waals surface area (Å²) in [6, 6.07) is 19.4. The molecule has 8 heteroatoms. The zero-order chi connectivity index (χ0) is 22.9. The molecule has 4 aromatic rings. The van der Waals surface area contributed by atoms with Gasteiger partial charge in [0.25, 0.3) is 5.91 Å². The number of rotatable bonds is 4. The number of nitrogens with zero attached hydrogens (tertiary/aromatic N) is 6. The summed E-state index contributed by atoms with van der Waals surface area (Å²) in [5.41, 5.74) is 3.04. The van der Waals surface area contributed by atoms with Crippen LogP contribution in [0.15, 0.2) is 71.7 Å². The van der Waals surface area contributed by atoms with Gasteiger partial charge in [-0.05, 0) is 44.0 Å². The molecule has 3 heterocycles. The van der Waals surface area contributed by atoms with Crippen molar-refractivity contribution < 1.29 is 4.79 Å². The summed E-state index contributed by atoms with van der Waals surface area (Å²) >= 11 is 0. The van der Waals surface area contributed by atoms with Crippen LogP contribution in [0.4, 0.5) is 0 Å². The third-order valence-electron chi connectivity index (χ3n) is 6.35. The molecule has 1 amide bonds. The van der Waals surface area contributed by atoms with Gasteiger partial charge in [-0.25, -0.2) is 18.7 Å². The Balaban J connectivity index is 1.34. The highest BCUT2D eigenvalue weighted by Gasteiger charge is 2.30. The van der Waals surface area contributed by atoms with Gasteiger partial charge in [0, 0.05) is 26.1 Å². The zero-order valence-corrected chi connectivity index (χ0v) is 18.8. The van der Waals surface area contributed by atoms with E-state index in [9.17, 15) is 9.59 Å². The molecular formula is C25H26N6O2. The molecule has 1 fully saturated rings. The van der Waals surface area contributed by atoms with Gasteiger partial charge in [-0.3, -0.25) is 4.79 Å². The van der Waals surface area contributed by atoms with Crippen LogP contribution in [0.3, 0.4) is 0 Å². The fourth-order valence-corrected chi connectivity index (χ4v) is 4.53. The van der Waals surface area contributed by atoms with E-state index in [1.807, 2.05) is 72.5 Å². The summed E-state index contributed by atoms with van der Waals surface area (Å²) in [4.78, 5) is 27.9. The minimum Gasteiger partial charge on any atom is -0.338 e. The number of piperidine rings is 1. The summed E-state index contributed by atoms with van der Waals surface area (Å²) in [6.07, 6.45) is 3.16. The van der Waals surface area contributed by atoms with E-state index in [1.54, 1.807) is 22.5 Å². The van der Waals surface area contributed by atoms with Crippen LogP contribution < -0.4 is 5.69 Å². The monoisotopic (exact) mass is 442 g/mol. The van der Waals surface area contributed by atoms with Crippen molar-refractivity contribution in [3.63, 3.8) is 0 Å². The highest BCUT2D eigenvalue weighted by atomic mass is 16.2. The van der Waals surface area contributed by atoms with Gasteiger partial charge in [-0.2, -0.15) is 10.2 Å². The number of aryl methyl sites for hydroxylation is 1. The molecule has 168 valence electrons. The minimum absolute atomic E-state index is 0.00500. The number of amides is 1. The number of benzene rings is 2. The third-order valence-corrected chi connectivity index (χ3v) is 6.35. The van der Waals surface area contributed by atoms with Gasteiger partial charge >= 0.3 is 5.69 Å². The van der Waals surface area contributed by atoms with Gasteiger partial charge in [0.15, 0.2) is 0 Å². The highest BCUT2D eigenvalue weighted by Crippen LogP contribution is 2.29. The van der Waals surface area contributed by atoms with Crippen molar-refractivity contribution in [3.8, 4) is 11.4 Å². The van der Waals surface area contributed by atoms with E-state index in [1.165, 1.54) is 4.68 Å². The first-order valence-corrected chi connectivity index (χ1v) is 11.2. The van der Waals surface area contributed by atoms with E-state index in [0.717, 1.165) is 35.7 Å². The van der Waals surface area contributed by atoms with Crippen molar-refractivity contribution in [1.29, 1.82) is 0 Å². The smallest absolute Gasteiger partial charge is 0.338 e. The number of carbonyl (C=O) groups excluding carboxylic acids is 1. The van der Waals surface area contributed by atoms with Crippen molar-refractivity contribution in [1.82, 2.24) is 29.0 Å². The normalized spacial score (nSPS) is 14.5. The van der Waals surface area contributed by atoms with Crippen LogP contribution in [0.2, 0.25) is 0 Å². The SMILES string of the molecule is Cc1c(C(=O)N2CCC(c3nn(C)c(=O)n3-c3ccccc3)CC2)cnn1-c1ccccc1. The molecule has 5 rings (SSSR count). The van der Waals surface area contributed by atoms with Crippen LogP contribution in [0.1, 0.15) is 40.6 Å². The van der Waals surface area contributed by atoms with Crippen molar-refractivity contribution in [3.05, 3.63) is 94.4 Å². The number of aromatic nitrogens is 5. The van der Waals surface area contributed by atoms with Crippen molar-refractivity contribution >= 4 is 5.91 Å². The molecule has 1 aliphatic heterocycles. The Morgan fingerprint density at radius 3 is 2.18 bits per heavy atom. The molecule has 8 nitrogen and oxygen atoms in total. The van der Waals surface area contributed by atoms with Crippen molar-refractivity contribution in [2.45, 2.75) is 25.7 Å². The van der Waals surface area contributed by atoms with Gasteiger partial charge in [-0.1, -0.05) is 36.4 Å². The van der Waals surface area contributed by atoms with Crippen LogP contribution in [0.25, 0.3) is 11.4 Å². The topological polar surface area (TPSA) is 78.0 Å². The second-order valence-corrected chi connectivity index (χ2v) is 8.39. The molecule has 1 saturated heterocycles. The Morgan fingerprint density at radius 1 is 0.939 bits per heavy atom. The second kappa shape index (κ2) is 8.54. The number of likely N-dealkylation sites (tertiary alicyclic amines) is 1. The predicted octanol–water partition coefficient (Wildman–Crippen LogP) is 3.08. The summed E-state index contributed by atoms with van der Waals surface area (Å²) in [5.74, 6) is 0.861. The average Bonchev–Trinajstić information content (AvgIpc) is 3.39. The third kappa shape index (κ3) is 3.77. The van der Waals surface area contributed by atoms with Gasteiger partial charge in [0.1, 0.15) is 5.82 Å². The second-order valence-electron chi connectivity index (χ2n) is 8.39. The molecule has 1 aliphatic rings. The lowest BCUT2D eigenvalue weighted by molar-refractivity contribution is 0.0710. The number of hydrogen-bond acceptors (Lipinski definition) is 4. The summed E-state index contributed by atoms with van der Waals surface area (Å²) < 4.78 is 4.88. The zero-order valence-electron chi connectivity index (χ0n) is 18.8. The van der Waals surface area contributed by atoms with E-state index in [0.29, 0.717) is 18.7 Å². The van der Waals surface area contributed by atoms with Crippen LogP contribution >= 0.6 is 0 Å². The van der Waals surface area contributed by atoms with E-state index in [4.69, 9.17) is 0 Å². The maximum Gasteiger partial charge on any atom is 0.350 e. The Labute approximate surface area is 191 Å². The molecular weight excluding hydrogens is 416 g/mol. The Kier molecular flexibility index (Phi) is 5.42. The van der Waals surface area contributed by atoms with Crippen LogP contribution in [-0.4, -0.2) is 48.0 Å². The number of hydrogen-bond donors (Lipinski definition) is 0. The van der Waals surface area contributed by atoms with E-state index >= 15 is 0 Å². The molecule has 2 aromatic heterocycles. The molecule has 0 unspecified atom stereocenters. The maximum atomic E-state index is 13.3. The van der Waals surface area contributed by atoms with Crippen molar-refractivity contribution in [2.75, 3.05) is 13.1 Å². The Morgan fingerprint density at radius 2 is 1.55 bits per heavy atom. The minimum atomic E-state index is -0.154. The first kappa shape index (κ1) is 20.9. The molecule has 33 heavy (non-hydrogen) atoms. The lowest BCUT2D eigenvalue weighted by Gasteiger charge is -2.31. The predicted molar refractivity (Wildman–Crippen MR) is 125 cm³/mol. The first-order chi connectivity index (χ1) is 16.0. The summed E-state index contributed by atoms with van der Waals surface area (Å²) in [7, 11) is 1.68. The van der Waals surface area contributed by atoms with E-state index in [-0.39, 0.29) is 17.5 Å². The molecule has 0 N–H and O–H groups in total. The molecule has 0 spiro atoms. The summed E-state index contributed by atoms with van der Waals surface area (Å²) in [5, 5.41) is 8.98. The van der Waals surface area contributed by atoms with Gasteiger partial charge in [0.05, 0.1) is 28.8 Å². The van der Waals surface area contributed by atoms with Crippen molar-refractivity contribution in [2.24, 2.45) is 7.05 Å². The number of carbonyl (C=O) groups is 1. The van der Waals surface area contributed by atoms with Crippen LogP contribution in [-0.2, 0) is 7.05 Å². The average molecular weight is 443 g/mol. The van der Waals surface area contributed by atoms with Gasteiger partial charge < -0.3 is 4.90 Å². The van der Waals surface area contributed by atoms with Crippen LogP contribution in [0, 0.1) is 6.92 Å². The first-order valence-electron chi connectivity index (χ1n) is 11.2. The van der Waals surface area contributed by atoms with Crippen LogP contribution in [0.5, 0.6) is 0 Å².